The van der Waals surface area contributed by atoms with Crippen molar-refractivity contribution in [3.63, 3.8) is 0 Å². The van der Waals surface area contributed by atoms with Gasteiger partial charge in [-0.2, -0.15) is 0 Å². The summed E-state index contributed by atoms with van der Waals surface area (Å²) in [5.41, 5.74) is 1.94. The second-order valence-corrected chi connectivity index (χ2v) is 9.21. The number of likely N-dealkylation sites (tertiary alicyclic amines) is 1. The third-order valence-electron chi connectivity index (χ3n) is 6.68. The van der Waals surface area contributed by atoms with Crippen LogP contribution in [0.25, 0.3) is 5.76 Å². The van der Waals surface area contributed by atoms with Crippen molar-refractivity contribution in [2.45, 2.75) is 19.2 Å². The molecule has 0 bridgehead atoms. The number of hydrogen-bond donors (Lipinski definition) is 1. The fraction of sp³-hybridized carbons (Fsp3) is 0.161. The molecule has 8 heteroatoms. The predicted molar refractivity (Wildman–Crippen MR) is 141 cm³/mol. The van der Waals surface area contributed by atoms with Crippen molar-refractivity contribution in [2.75, 3.05) is 13.2 Å². The molecule has 1 atom stereocenters. The van der Waals surface area contributed by atoms with E-state index in [1.165, 1.54) is 11.2 Å². The first kappa shape index (κ1) is 24.4. The first-order chi connectivity index (χ1) is 19.1. The Hall–Kier alpha value is -4.98. The van der Waals surface area contributed by atoms with E-state index in [4.69, 9.17) is 18.6 Å². The van der Waals surface area contributed by atoms with Crippen LogP contribution in [0.4, 0.5) is 0 Å². The van der Waals surface area contributed by atoms with Crippen molar-refractivity contribution in [3.8, 4) is 17.2 Å². The number of furan rings is 1. The molecule has 2 aliphatic rings. The van der Waals surface area contributed by atoms with Gasteiger partial charge in [-0.15, -0.1) is 0 Å². The normalized spacial score (nSPS) is 17.8. The molecule has 6 rings (SSSR count). The molecule has 0 aliphatic carbocycles. The van der Waals surface area contributed by atoms with Gasteiger partial charge in [0.05, 0.1) is 24.4 Å². The Morgan fingerprint density at radius 3 is 2.51 bits per heavy atom. The Morgan fingerprint density at radius 2 is 1.72 bits per heavy atom. The highest BCUT2D eigenvalue weighted by Gasteiger charge is 2.46. The monoisotopic (exact) mass is 523 g/mol. The van der Waals surface area contributed by atoms with E-state index in [0.717, 1.165) is 5.56 Å². The molecule has 1 aromatic heterocycles. The van der Waals surface area contributed by atoms with E-state index in [1.54, 1.807) is 48.5 Å². The van der Waals surface area contributed by atoms with Crippen LogP contribution in [0, 0.1) is 0 Å². The highest BCUT2D eigenvalue weighted by molar-refractivity contribution is 6.46. The van der Waals surface area contributed by atoms with Crippen molar-refractivity contribution in [3.05, 3.63) is 119 Å². The van der Waals surface area contributed by atoms with Crippen molar-refractivity contribution in [1.82, 2.24) is 4.90 Å². The summed E-state index contributed by atoms with van der Waals surface area (Å²) in [5.74, 6) is 0.282. The van der Waals surface area contributed by atoms with Crippen LogP contribution >= 0.6 is 0 Å². The summed E-state index contributed by atoms with van der Waals surface area (Å²) < 4.78 is 22.7. The summed E-state index contributed by atoms with van der Waals surface area (Å²) in [6.07, 6.45) is 1.51. The summed E-state index contributed by atoms with van der Waals surface area (Å²) in [4.78, 5) is 28.1. The number of amides is 1. The van der Waals surface area contributed by atoms with E-state index in [1.807, 2.05) is 36.4 Å². The smallest absolute Gasteiger partial charge is 0.296 e. The molecule has 0 saturated carbocycles. The summed E-state index contributed by atoms with van der Waals surface area (Å²) in [6.45, 7) is 1.21. The molecule has 3 aromatic carbocycles. The molecular formula is C31H25NO7. The third-order valence-corrected chi connectivity index (χ3v) is 6.68. The number of rotatable bonds is 7. The Balaban J connectivity index is 1.40. The number of hydrogen-bond acceptors (Lipinski definition) is 7. The van der Waals surface area contributed by atoms with Crippen LogP contribution in [0.3, 0.4) is 0 Å². The number of carbonyl (C=O) groups excluding carboxylic acids is 2. The molecule has 1 fully saturated rings. The Morgan fingerprint density at radius 1 is 0.897 bits per heavy atom. The van der Waals surface area contributed by atoms with Crippen molar-refractivity contribution in [1.29, 1.82) is 0 Å². The number of benzene rings is 3. The van der Waals surface area contributed by atoms with Gasteiger partial charge in [-0.05, 0) is 53.6 Å². The highest BCUT2D eigenvalue weighted by atomic mass is 16.6. The number of ether oxygens (including phenoxy) is 3. The molecule has 3 heterocycles. The lowest BCUT2D eigenvalue weighted by Gasteiger charge is -2.25. The Kier molecular flexibility index (Phi) is 6.50. The van der Waals surface area contributed by atoms with Gasteiger partial charge in [0, 0.05) is 5.56 Å². The standard InChI is InChI=1S/C31H25NO7/c33-29(22-11-12-25-26(17-22)38-15-14-37-25)27-28(32(31(35)30(27)34)18-24-10-5-13-36-24)21-8-4-9-23(16-21)39-19-20-6-2-1-3-7-20/h1-13,16-17,28,33H,14-15,18-19H2/t28-/m0/s1. The van der Waals surface area contributed by atoms with Crippen LogP contribution in [0.15, 0.2) is 101 Å². The second kappa shape index (κ2) is 10.4. The van der Waals surface area contributed by atoms with Crippen LogP contribution in [0.5, 0.6) is 17.2 Å². The zero-order valence-corrected chi connectivity index (χ0v) is 20.9. The van der Waals surface area contributed by atoms with Gasteiger partial charge in [0.1, 0.15) is 37.1 Å². The average Bonchev–Trinajstić information content (AvgIpc) is 3.58. The van der Waals surface area contributed by atoms with Gasteiger partial charge in [-0.25, -0.2) is 0 Å². The van der Waals surface area contributed by atoms with E-state index in [-0.39, 0.29) is 17.9 Å². The quantitative estimate of drug-likeness (QED) is 0.201. The zero-order valence-electron chi connectivity index (χ0n) is 20.9. The fourth-order valence-corrected chi connectivity index (χ4v) is 4.82. The molecule has 0 unspecified atom stereocenters. The van der Waals surface area contributed by atoms with E-state index in [9.17, 15) is 14.7 Å². The minimum atomic E-state index is -0.872. The Labute approximate surface area is 224 Å². The number of aliphatic hydroxyl groups is 1. The molecule has 1 amide bonds. The van der Waals surface area contributed by atoms with Gasteiger partial charge in [0.2, 0.25) is 0 Å². The first-order valence-electron chi connectivity index (χ1n) is 12.6. The number of carbonyl (C=O) groups is 2. The largest absolute Gasteiger partial charge is 0.507 e. The molecule has 8 nitrogen and oxygen atoms in total. The van der Waals surface area contributed by atoms with Gasteiger partial charge >= 0.3 is 0 Å². The van der Waals surface area contributed by atoms with Crippen molar-refractivity contribution in [2.24, 2.45) is 0 Å². The average molecular weight is 524 g/mol. The zero-order chi connectivity index (χ0) is 26.8. The van der Waals surface area contributed by atoms with Crippen LogP contribution < -0.4 is 14.2 Å². The lowest BCUT2D eigenvalue weighted by Crippen LogP contribution is -2.29. The maximum atomic E-state index is 13.4. The maximum absolute atomic E-state index is 13.4. The molecule has 1 N–H and O–H groups in total. The summed E-state index contributed by atoms with van der Waals surface area (Å²) in [5, 5.41) is 11.4. The SMILES string of the molecule is O=C1C(=O)N(Cc2ccco2)[C@@H](c2cccc(OCc3ccccc3)c2)C1=C(O)c1ccc2c(c1)OCCO2. The van der Waals surface area contributed by atoms with E-state index < -0.39 is 17.7 Å². The minimum absolute atomic E-state index is 0.0246. The maximum Gasteiger partial charge on any atom is 0.296 e. The molecule has 196 valence electrons. The summed E-state index contributed by atoms with van der Waals surface area (Å²) in [7, 11) is 0. The van der Waals surface area contributed by atoms with Gasteiger partial charge in [0.25, 0.3) is 11.7 Å². The number of Topliss-reactive ketones (excluding diaryl/α,β-unsaturated/α-hetero) is 1. The Bertz CT molecular complexity index is 1540. The first-order valence-corrected chi connectivity index (χ1v) is 12.6. The highest BCUT2D eigenvalue weighted by Crippen LogP contribution is 2.42. The van der Waals surface area contributed by atoms with E-state index >= 15 is 0 Å². The topological polar surface area (TPSA) is 98.4 Å². The number of ketones is 1. The number of fused-ring (bicyclic) bond motifs is 1. The number of aliphatic hydroxyl groups excluding tert-OH is 1. The lowest BCUT2D eigenvalue weighted by molar-refractivity contribution is -0.140. The van der Waals surface area contributed by atoms with Crippen LogP contribution in [0.2, 0.25) is 0 Å². The molecule has 0 radical (unpaired) electrons. The van der Waals surface area contributed by atoms with Gasteiger partial charge in [-0.1, -0.05) is 42.5 Å². The van der Waals surface area contributed by atoms with E-state index in [2.05, 4.69) is 0 Å². The van der Waals surface area contributed by atoms with Crippen LogP contribution in [0.1, 0.15) is 28.5 Å². The molecule has 2 aliphatic heterocycles. The summed E-state index contributed by atoms with van der Waals surface area (Å²) in [6, 6.07) is 24.5. The summed E-state index contributed by atoms with van der Waals surface area (Å²) >= 11 is 0. The van der Waals surface area contributed by atoms with Gasteiger partial charge in [0.15, 0.2) is 11.5 Å². The van der Waals surface area contributed by atoms with E-state index in [0.29, 0.717) is 54.0 Å². The molecule has 0 spiro atoms. The minimum Gasteiger partial charge on any atom is -0.507 e. The molecule has 39 heavy (non-hydrogen) atoms. The molecular weight excluding hydrogens is 498 g/mol. The number of nitrogens with zero attached hydrogens (tertiary/aromatic N) is 1. The van der Waals surface area contributed by atoms with Gasteiger partial charge in [-0.3, -0.25) is 9.59 Å². The fourth-order valence-electron chi connectivity index (χ4n) is 4.82. The third kappa shape index (κ3) is 4.84. The van der Waals surface area contributed by atoms with Crippen molar-refractivity contribution >= 4 is 17.4 Å². The second-order valence-electron chi connectivity index (χ2n) is 9.21. The predicted octanol–water partition coefficient (Wildman–Crippen LogP) is 5.25. The van der Waals surface area contributed by atoms with Crippen LogP contribution in [-0.2, 0) is 22.7 Å². The van der Waals surface area contributed by atoms with Crippen LogP contribution in [-0.4, -0.2) is 34.9 Å². The van der Waals surface area contributed by atoms with Crippen molar-refractivity contribution < 1.29 is 33.3 Å². The lowest BCUT2D eigenvalue weighted by atomic mass is 9.95. The van der Waals surface area contributed by atoms with Gasteiger partial charge < -0.3 is 28.6 Å². The molecule has 1 saturated heterocycles. The molecule has 4 aromatic rings.